The number of nitrogens with zero attached hydrogens (tertiary/aromatic N) is 2. The van der Waals surface area contributed by atoms with Crippen LogP contribution in [-0.4, -0.2) is 41.1 Å². The van der Waals surface area contributed by atoms with Gasteiger partial charge in [0, 0.05) is 12.6 Å². The molecule has 7 nitrogen and oxygen atoms in total. The summed E-state index contributed by atoms with van der Waals surface area (Å²) in [5, 5.41) is 19.7. The van der Waals surface area contributed by atoms with Gasteiger partial charge in [-0.05, 0) is 11.6 Å². The van der Waals surface area contributed by atoms with E-state index < -0.39 is 10.9 Å². The molecule has 0 aliphatic carbocycles. The molecule has 106 valence electrons. The Bertz CT molecular complexity index is 550. The van der Waals surface area contributed by atoms with Crippen LogP contribution in [0.25, 0.3) is 0 Å². The summed E-state index contributed by atoms with van der Waals surface area (Å²) in [5.41, 5.74) is 0.426. The average Bonchev–Trinajstić information content (AvgIpc) is 2.38. The van der Waals surface area contributed by atoms with Gasteiger partial charge in [-0.2, -0.15) is 0 Å². The van der Waals surface area contributed by atoms with Gasteiger partial charge in [-0.15, -0.1) is 6.42 Å². The van der Waals surface area contributed by atoms with E-state index in [0.717, 1.165) is 0 Å². The lowest BCUT2D eigenvalue weighted by molar-refractivity contribution is -0.385. The van der Waals surface area contributed by atoms with Crippen LogP contribution in [0.3, 0.4) is 0 Å². The lowest BCUT2D eigenvalue weighted by atomic mass is 10.1. The van der Waals surface area contributed by atoms with Crippen LogP contribution in [0.1, 0.15) is 5.56 Å². The predicted molar refractivity (Wildman–Crippen MR) is 71.4 cm³/mol. The van der Waals surface area contributed by atoms with Crippen LogP contribution in [0.5, 0.6) is 5.75 Å². The smallest absolute Gasteiger partial charge is 0.317 e. The third kappa shape index (κ3) is 4.26. The number of rotatable bonds is 7. The van der Waals surface area contributed by atoms with Crippen molar-refractivity contribution < 1.29 is 19.6 Å². The molecule has 1 rings (SSSR count). The molecule has 1 aromatic carbocycles. The second-order valence-corrected chi connectivity index (χ2v) is 4.01. The van der Waals surface area contributed by atoms with Gasteiger partial charge in [-0.3, -0.25) is 19.8 Å². The normalized spacial score (nSPS) is 10.1. The molecular formula is C13H14N2O5. The molecule has 0 saturated heterocycles. The highest BCUT2D eigenvalue weighted by atomic mass is 16.6. The Balaban J connectivity index is 2.96. The summed E-state index contributed by atoms with van der Waals surface area (Å²) in [6, 6.07) is 4.46. The Morgan fingerprint density at radius 2 is 2.30 bits per heavy atom. The number of methoxy groups -OCH3 is 1. The SMILES string of the molecule is C#CCN(CC(=O)O)Cc1ccc(OC)c([N+](=O)[O-])c1. The van der Waals surface area contributed by atoms with E-state index in [1.165, 1.54) is 24.1 Å². The molecule has 1 N–H and O–H groups in total. The standard InChI is InChI=1S/C13H14N2O5/c1-3-6-14(9-13(16)17)8-10-4-5-12(20-2)11(7-10)15(18)19/h1,4-5,7H,6,8-9H2,2H3,(H,16,17). The van der Waals surface area contributed by atoms with Gasteiger partial charge in [0.2, 0.25) is 0 Å². The molecule has 0 aromatic heterocycles. The van der Waals surface area contributed by atoms with E-state index in [1.807, 2.05) is 0 Å². The summed E-state index contributed by atoms with van der Waals surface area (Å²) in [6.45, 7) is 0.123. The van der Waals surface area contributed by atoms with Crippen LogP contribution in [0.15, 0.2) is 18.2 Å². The fourth-order valence-electron chi connectivity index (χ4n) is 1.72. The Hall–Kier alpha value is -2.59. The van der Waals surface area contributed by atoms with E-state index in [0.29, 0.717) is 5.56 Å². The molecule has 0 aliphatic heterocycles. The first-order chi connectivity index (χ1) is 9.47. The van der Waals surface area contributed by atoms with Gasteiger partial charge in [0.15, 0.2) is 5.75 Å². The number of hydrogen-bond donors (Lipinski definition) is 1. The van der Waals surface area contributed by atoms with Gasteiger partial charge in [0.25, 0.3) is 0 Å². The van der Waals surface area contributed by atoms with Gasteiger partial charge in [-0.1, -0.05) is 12.0 Å². The lowest BCUT2D eigenvalue weighted by Gasteiger charge is -2.17. The highest BCUT2D eigenvalue weighted by molar-refractivity contribution is 5.69. The third-order valence-corrected chi connectivity index (χ3v) is 2.52. The molecule has 0 amide bonds. The number of benzene rings is 1. The fraction of sp³-hybridized carbons (Fsp3) is 0.308. The first kappa shape index (κ1) is 15.5. The highest BCUT2D eigenvalue weighted by Gasteiger charge is 2.17. The first-order valence-corrected chi connectivity index (χ1v) is 5.66. The Labute approximate surface area is 115 Å². The Morgan fingerprint density at radius 3 is 2.80 bits per heavy atom. The van der Waals surface area contributed by atoms with Crippen LogP contribution in [-0.2, 0) is 11.3 Å². The van der Waals surface area contributed by atoms with Crippen LogP contribution in [0, 0.1) is 22.5 Å². The molecule has 0 heterocycles. The van der Waals surface area contributed by atoms with Crippen LogP contribution in [0.4, 0.5) is 5.69 Å². The Kier molecular flexibility index (Phi) is 5.50. The maximum atomic E-state index is 10.9. The van der Waals surface area contributed by atoms with E-state index in [-0.39, 0.29) is 31.1 Å². The minimum absolute atomic E-state index is 0.145. The molecule has 7 heteroatoms. The van der Waals surface area contributed by atoms with Gasteiger partial charge < -0.3 is 9.84 Å². The molecule has 0 spiro atoms. The molecule has 20 heavy (non-hydrogen) atoms. The van der Waals surface area contributed by atoms with E-state index in [2.05, 4.69) is 5.92 Å². The lowest BCUT2D eigenvalue weighted by Crippen LogP contribution is -2.29. The molecule has 0 saturated carbocycles. The van der Waals surface area contributed by atoms with Crippen molar-refractivity contribution in [2.45, 2.75) is 6.54 Å². The van der Waals surface area contributed by atoms with Crippen molar-refractivity contribution in [3.8, 4) is 18.1 Å². The summed E-state index contributed by atoms with van der Waals surface area (Å²) >= 11 is 0. The van der Waals surface area contributed by atoms with Crippen LogP contribution < -0.4 is 4.74 Å². The van der Waals surface area contributed by atoms with E-state index in [1.54, 1.807) is 6.07 Å². The largest absolute Gasteiger partial charge is 0.490 e. The quantitative estimate of drug-likeness (QED) is 0.456. The van der Waals surface area contributed by atoms with E-state index in [9.17, 15) is 14.9 Å². The summed E-state index contributed by atoms with van der Waals surface area (Å²) in [7, 11) is 1.34. The molecule has 0 fully saturated rings. The number of ether oxygens (including phenoxy) is 1. The van der Waals surface area contributed by atoms with Crippen LogP contribution in [0.2, 0.25) is 0 Å². The molecule has 0 unspecified atom stereocenters. The predicted octanol–water partition coefficient (Wildman–Crippen LogP) is 1.12. The number of carbonyl (C=O) groups is 1. The van der Waals surface area contributed by atoms with Crippen molar-refractivity contribution in [2.24, 2.45) is 0 Å². The second kappa shape index (κ2) is 7.11. The van der Waals surface area contributed by atoms with Crippen molar-refractivity contribution in [2.75, 3.05) is 20.2 Å². The number of hydrogen-bond acceptors (Lipinski definition) is 5. The third-order valence-electron chi connectivity index (χ3n) is 2.52. The van der Waals surface area contributed by atoms with Crippen molar-refractivity contribution in [1.29, 1.82) is 0 Å². The maximum Gasteiger partial charge on any atom is 0.317 e. The Morgan fingerprint density at radius 1 is 1.60 bits per heavy atom. The zero-order valence-electron chi connectivity index (χ0n) is 10.9. The summed E-state index contributed by atoms with van der Waals surface area (Å²) in [6.07, 6.45) is 5.17. The molecule has 1 aromatic rings. The molecular weight excluding hydrogens is 264 g/mol. The maximum absolute atomic E-state index is 10.9. The van der Waals surface area contributed by atoms with Gasteiger partial charge in [0.1, 0.15) is 0 Å². The summed E-state index contributed by atoms with van der Waals surface area (Å²) < 4.78 is 4.90. The summed E-state index contributed by atoms with van der Waals surface area (Å²) in [4.78, 5) is 22.6. The van der Waals surface area contributed by atoms with Gasteiger partial charge >= 0.3 is 11.7 Å². The molecule has 0 bridgehead atoms. The number of carboxylic acid groups (broad SMARTS) is 1. The highest BCUT2D eigenvalue weighted by Crippen LogP contribution is 2.27. The topological polar surface area (TPSA) is 92.9 Å². The van der Waals surface area contributed by atoms with E-state index >= 15 is 0 Å². The average molecular weight is 278 g/mol. The number of carboxylic acids is 1. The summed E-state index contributed by atoms with van der Waals surface area (Å²) in [5.74, 6) is 1.50. The van der Waals surface area contributed by atoms with Crippen LogP contribution >= 0.6 is 0 Å². The number of nitro groups is 1. The number of nitro benzene ring substituents is 1. The second-order valence-electron chi connectivity index (χ2n) is 4.01. The van der Waals surface area contributed by atoms with E-state index in [4.69, 9.17) is 16.3 Å². The number of terminal acetylenes is 1. The molecule has 0 aliphatic rings. The monoisotopic (exact) mass is 278 g/mol. The zero-order chi connectivity index (χ0) is 15.1. The minimum atomic E-state index is -1.01. The number of aliphatic carboxylic acids is 1. The minimum Gasteiger partial charge on any atom is -0.490 e. The van der Waals surface area contributed by atoms with Crippen molar-refractivity contribution in [3.05, 3.63) is 33.9 Å². The first-order valence-electron chi connectivity index (χ1n) is 5.66. The van der Waals surface area contributed by atoms with Gasteiger partial charge in [-0.25, -0.2) is 0 Å². The zero-order valence-corrected chi connectivity index (χ0v) is 10.9. The molecule has 0 radical (unpaired) electrons. The van der Waals surface area contributed by atoms with Crippen molar-refractivity contribution >= 4 is 11.7 Å². The van der Waals surface area contributed by atoms with Crippen molar-refractivity contribution in [1.82, 2.24) is 4.90 Å². The molecule has 0 atom stereocenters. The van der Waals surface area contributed by atoms with Crippen molar-refractivity contribution in [3.63, 3.8) is 0 Å². The van der Waals surface area contributed by atoms with Gasteiger partial charge in [0.05, 0.1) is 25.1 Å². The fourth-order valence-corrected chi connectivity index (χ4v) is 1.72.